The van der Waals surface area contributed by atoms with E-state index in [2.05, 4.69) is 15.6 Å². The second-order valence-electron chi connectivity index (χ2n) is 5.33. The number of hydrogen-bond donors (Lipinski definition) is 1. The van der Waals surface area contributed by atoms with E-state index >= 15 is 0 Å². The molecule has 0 aliphatic carbocycles. The molecule has 0 radical (unpaired) electrons. The van der Waals surface area contributed by atoms with Crippen LogP contribution in [0.4, 0.5) is 5.69 Å². The number of benzene rings is 2. The van der Waals surface area contributed by atoms with Crippen LogP contribution in [0.15, 0.2) is 83.3 Å². The van der Waals surface area contributed by atoms with Gasteiger partial charge >= 0.3 is 0 Å². The fourth-order valence-electron chi connectivity index (χ4n) is 2.32. The third-order valence-corrected chi connectivity index (χ3v) is 5.33. The Morgan fingerprint density at radius 3 is 2.38 bits per heavy atom. The molecule has 0 spiro atoms. The van der Waals surface area contributed by atoms with Gasteiger partial charge in [-0.15, -0.1) is 16.4 Å². The van der Waals surface area contributed by atoms with Crippen molar-refractivity contribution in [3.63, 3.8) is 0 Å². The molecule has 1 N–H and O–H groups in total. The minimum atomic E-state index is -0.0872. The number of para-hydroxylation sites is 2. The Bertz CT molecular complexity index is 1070. The van der Waals surface area contributed by atoms with Gasteiger partial charge in [-0.3, -0.25) is 10.2 Å². The minimum Gasteiger partial charge on any atom is -0.285 e. The van der Waals surface area contributed by atoms with E-state index in [1.807, 2.05) is 72.1 Å². The molecule has 2 aromatic carbocycles. The lowest BCUT2D eigenvalue weighted by Gasteiger charge is -2.01. The molecule has 128 valence electrons. The summed E-state index contributed by atoms with van der Waals surface area (Å²) in [6.45, 7) is 0. The zero-order valence-electron chi connectivity index (χ0n) is 13.6. The Morgan fingerprint density at radius 1 is 0.962 bits per heavy atom. The van der Waals surface area contributed by atoms with Crippen LogP contribution in [0.5, 0.6) is 0 Å². The van der Waals surface area contributed by atoms with E-state index in [0.29, 0.717) is 14.7 Å². The summed E-state index contributed by atoms with van der Waals surface area (Å²) in [7, 11) is 0. The Morgan fingerprint density at radius 2 is 1.69 bits per heavy atom. The van der Waals surface area contributed by atoms with Crippen LogP contribution >= 0.6 is 22.7 Å². The normalized spacial score (nSPS) is 11.5. The highest BCUT2D eigenvalue weighted by atomic mass is 32.1. The lowest BCUT2D eigenvalue weighted by Crippen LogP contribution is -2.16. The van der Waals surface area contributed by atoms with Gasteiger partial charge in [-0.2, -0.15) is 5.10 Å². The van der Waals surface area contributed by atoms with Crippen LogP contribution in [-0.4, -0.2) is 15.6 Å². The van der Waals surface area contributed by atoms with Crippen LogP contribution in [0.3, 0.4) is 0 Å². The maximum absolute atomic E-state index is 12.7. The number of hydrogen-bond acceptors (Lipinski definition) is 6. The second-order valence-corrected chi connectivity index (χ2v) is 7.24. The monoisotopic (exact) mass is 378 g/mol. The van der Waals surface area contributed by atoms with E-state index in [4.69, 9.17) is 0 Å². The standard InChI is InChI=1S/C19H14N4OS2/c24-17(16-12-7-13-25-16)18-22-23(15-10-5-2-6-11-15)19(26-18)21-20-14-8-3-1-4-9-14/h1-13,20H/b21-19+. The molecule has 0 bridgehead atoms. The summed E-state index contributed by atoms with van der Waals surface area (Å²) in [5.41, 5.74) is 4.74. The fraction of sp³-hybridized carbons (Fsp3) is 0. The van der Waals surface area contributed by atoms with Crippen LogP contribution < -0.4 is 10.2 Å². The van der Waals surface area contributed by atoms with Gasteiger partial charge in [-0.25, -0.2) is 4.68 Å². The van der Waals surface area contributed by atoms with E-state index in [0.717, 1.165) is 11.4 Å². The predicted molar refractivity (Wildman–Crippen MR) is 105 cm³/mol. The Hall–Kier alpha value is -3.03. The van der Waals surface area contributed by atoms with Gasteiger partial charge in [0.25, 0.3) is 0 Å². The fourth-order valence-corrected chi connectivity index (χ4v) is 3.87. The van der Waals surface area contributed by atoms with E-state index in [1.165, 1.54) is 22.7 Å². The van der Waals surface area contributed by atoms with Crippen LogP contribution in [0.1, 0.15) is 14.7 Å². The van der Waals surface area contributed by atoms with Crippen molar-refractivity contribution in [1.82, 2.24) is 9.78 Å². The lowest BCUT2D eigenvalue weighted by molar-refractivity contribution is 0.104. The molecule has 0 atom stereocenters. The Labute approximate surface area is 157 Å². The zero-order valence-corrected chi connectivity index (χ0v) is 15.2. The van der Waals surface area contributed by atoms with Gasteiger partial charge in [0.2, 0.25) is 10.6 Å². The highest BCUT2D eigenvalue weighted by molar-refractivity contribution is 7.15. The molecule has 0 amide bonds. The topological polar surface area (TPSA) is 59.3 Å². The lowest BCUT2D eigenvalue weighted by atomic mass is 10.3. The van der Waals surface area contributed by atoms with Crippen LogP contribution in [0.2, 0.25) is 0 Å². The van der Waals surface area contributed by atoms with Crippen molar-refractivity contribution in [2.24, 2.45) is 5.10 Å². The molecule has 4 aromatic rings. The quantitative estimate of drug-likeness (QED) is 0.419. The van der Waals surface area contributed by atoms with Crippen molar-refractivity contribution in [3.8, 4) is 5.69 Å². The van der Waals surface area contributed by atoms with Crippen LogP contribution in [0, 0.1) is 0 Å². The smallest absolute Gasteiger partial charge is 0.233 e. The van der Waals surface area contributed by atoms with Gasteiger partial charge in [0.1, 0.15) is 0 Å². The summed E-state index contributed by atoms with van der Waals surface area (Å²) < 4.78 is 1.68. The first-order chi connectivity index (χ1) is 12.8. The molecule has 0 aliphatic heterocycles. The van der Waals surface area contributed by atoms with Gasteiger partial charge < -0.3 is 0 Å². The summed E-state index contributed by atoms with van der Waals surface area (Å²) in [6, 6.07) is 23.0. The third-order valence-electron chi connectivity index (χ3n) is 3.55. The predicted octanol–water partition coefficient (Wildman–Crippen LogP) is 4.15. The number of carbonyl (C=O) groups excluding carboxylic acids is 1. The molecule has 7 heteroatoms. The number of aromatic nitrogens is 2. The number of nitrogens with one attached hydrogen (secondary N) is 1. The highest BCUT2D eigenvalue weighted by Crippen LogP contribution is 2.16. The summed E-state index contributed by atoms with van der Waals surface area (Å²) >= 11 is 2.67. The van der Waals surface area contributed by atoms with Crippen LogP contribution in [-0.2, 0) is 0 Å². The summed E-state index contributed by atoms with van der Waals surface area (Å²) in [4.78, 5) is 13.9. The average Bonchev–Trinajstić information content (AvgIpc) is 3.37. The molecule has 2 heterocycles. The third kappa shape index (κ3) is 3.49. The van der Waals surface area contributed by atoms with E-state index < -0.39 is 0 Å². The van der Waals surface area contributed by atoms with Gasteiger partial charge in [0.05, 0.1) is 16.3 Å². The summed E-state index contributed by atoms with van der Waals surface area (Å²) in [5, 5.41) is 11.3. The number of nitrogens with zero attached hydrogens (tertiary/aromatic N) is 3. The van der Waals surface area contributed by atoms with Crippen molar-refractivity contribution in [3.05, 3.63) is 92.9 Å². The number of carbonyl (C=O) groups is 1. The Balaban J connectivity index is 1.77. The largest absolute Gasteiger partial charge is 0.285 e. The molecule has 4 rings (SSSR count). The second kappa shape index (κ2) is 7.47. The summed E-state index contributed by atoms with van der Waals surface area (Å²) in [5.74, 6) is -0.0872. The van der Waals surface area contributed by atoms with Crippen molar-refractivity contribution >= 4 is 34.1 Å². The first kappa shape index (κ1) is 16.4. The minimum absolute atomic E-state index is 0.0872. The molecular weight excluding hydrogens is 364 g/mol. The zero-order chi connectivity index (χ0) is 17.8. The van der Waals surface area contributed by atoms with Gasteiger partial charge in [-0.05, 0) is 35.7 Å². The SMILES string of the molecule is O=C(c1cccs1)c1nn(-c2ccccc2)/c(=N\Nc2ccccc2)s1. The molecule has 0 saturated heterocycles. The molecule has 0 unspecified atom stereocenters. The number of ketones is 1. The van der Waals surface area contributed by atoms with Crippen molar-refractivity contribution < 1.29 is 4.79 Å². The molecule has 0 fully saturated rings. The van der Waals surface area contributed by atoms with Crippen molar-refractivity contribution in [2.75, 3.05) is 5.43 Å². The molecule has 5 nitrogen and oxygen atoms in total. The van der Waals surface area contributed by atoms with Gasteiger partial charge in [0, 0.05) is 0 Å². The summed E-state index contributed by atoms with van der Waals surface area (Å²) in [6.07, 6.45) is 0. The van der Waals surface area contributed by atoms with E-state index in [1.54, 1.807) is 10.7 Å². The molecule has 0 saturated carbocycles. The molecule has 2 aromatic heterocycles. The van der Waals surface area contributed by atoms with Crippen molar-refractivity contribution in [1.29, 1.82) is 0 Å². The molecule has 26 heavy (non-hydrogen) atoms. The van der Waals surface area contributed by atoms with Gasteiger partial charge in [0.15, 0.2) is 5.01 Å². The molecular formula is C19H14N4OS2. The number of anilines is 1. The van der Waals surface area contributed by atoms with E-state index in [-0.39, 0.29) is 5.78 Å². The van der Waals surface area contributed by atoms with Crippen molar-refractivity contribution in [2.45, 2.75) is 0 Å². The first-order valence-electron chi connectivity index (χ1n) is 7.90. The first-order valence-corrected chi connectivity index (χ1v) is 9.59. The maximum atomic E-state index is 12.7. The number of rotatable bonds is 5. The highest BCUT2D eigenvalue weighted by Gasteiger charge is 2.17. The number of thiophene rings is 1. The Kier molecular flexibility index (Phi) is 4.72. The molecule has 0 aliphatic rings. The van der Waals surface area contributed by atoms with Crippen LogP contribution in [0.25, 0.3) is 5.69 Å². The van der Waals surface area contributed by atoms with E-state index in [9.17, 15) is 4.79 Å². The average molecular weight is 378 g/mol. The van der Waals surface area contributed by atoms with Gasteiger partial charge in [-0.1, -0.05) is 53.8 Å². The maximum Gasteiger partial charge on any atom is 0.233 e.